The quantitative estimate of drug-likeness (QED) is 0.0147. The number of hydrogen-bond donors (Lipinski definition) is 17. The van der Waals surface area contributed by atoms with Crippen molar-refractivity contribution in [1.82, 2.24) is 57.4 Å². The second kappa shape index (κ2) is 36.8. The van der Waals surface area contributed by atoms with Gasteiger partial charge >= 0.3 is 5.97 Å². The van der Waals surface area contributed by atoms with Crippen molar-refractivity contribution in [2.75, 3.05) is 32.7 Å². The summed E-state index contributed by atoms with van der Waals surface area (Å²) >= 11 is 0. The number of carboxylic acid groups (broad SMARTS) is 1. The lowest BCUT2D eigenvalue weighted by Gasteiger charge is -2.31. The Labute approximate surface area is 504 Å². The average Bonchev–Trinajstić information content (AvgIpc) is 3.68. The summed E-state index contributed by atoms with van der Waals surface area (Å²) < 4.78 is 0. The van der Waals surface area contributed by atoms with Crippen molar-refractivity contribution in [1.29, 1.82) is 0 Å². The number of aliphatic imine (C=N–C) groups is 2. The van der Waals surface area contributed by atoms with Gasteiger partial charge in [-0.1, -0.05) is 76.1 Å². The molecule has 3 aromatic rings. The number of aliphatic hydroxyl groups is 2. The number of fused-ring (bicyclic) bond motifs is 1. The van der Waals surface area contributed by atoms with E-state index >= 15 is 0 Å². The molecule has 3 rings (SSSR count). The number of carbonyl (C=O) groups excluding carboxylic acids is 9. The van der Waals surface area contributed by atoms with E-state index in [2.05, 4.69) is 62.5 Å². The topological polar surface area (TPSA) is 514 Å². The highest BCUT2D eigenvalue weighted by Crippen LogP contribution is 2.21. The van der Waals surface area contributed by atoms with E-state index in [0.29, 0.717) is 36.9 Å². The van der Waals surface area contributed by atoms with Gasteiger partial charge in [0, 0.05) is 44.4 Å². The molecule has 0 saturated heterocycles. The van der Waals surface area contributed by atoms with Gasteiger partial charge in [-0.15, -0.1) is 0 Å². The lowest BCUT2D eigenvalue weighted by molar-refractivity contribution is -0.146. The second-order valence-corrected chi connectivity index (χ2v) is 21.2. The van der Waals surface area contributed by atoms with Crippen LogP contribution in [0.15, 0.2) is 65.0 Å². The van der Waals surface area contributed by atoms with Crippen molar-refractivity contribution in [3.05, 3.63) is 66.2 Å². The van der Waals surface area contributed by atoms with Crippen LogP contribution in [0, 0.1) is 5.92 Å². The third-order valence-corrected chi connectivity index (χ3v) is 13.9. The molecule has 22 N–H and O–H groups in total. The number of aromatic amines is 1. The molecule has 31 nitrogen and oxygen atoms in total. The van der Waals surface area contributed by atoms with Gasteiger partial charge in [0.1, 0.15) is 48.8 Å². The largest absolute Gasteiger partial charge is 0.480 e. The number of H-pyrrole nitrogens is 1. The fourth-order valence-electron chi connectivity index (χ4n) is 8.85. The minimum Gasteiger partial charge on any atom is -0.480 e. The van der Waals surface area contributed by atoms with Gasteiger partial charge in [-0.2, -0.15) is 0 Å². The monoisotopic (exact) mass is 1220 g/mol. The predicted molar refractivity (Wildman–Crippen MR) is 322 cm³/mol. The number of aliphatic hydroxyl groups excluding tert-OH is 2. The Morgan fingerprint density at radius 1 is 0.632 bits per heavy atom. The molecular weight excluding hydrogens is 1130 g/mol. The molecule has 11 atom stereocenters. The minimum absolute atomic E-state index is 0.0391. The summed E-state index contributed by atoms with van der Waals surface area (Å²) in [6.45, 7) is 7.95. The molecule has 31 heteroatoms. The van der Waals surface area contributed by atoms with E-state index in [0.717, 1.165) is 29.5 Å². The van der Waals surface area contributed by atoms with E-state index in [1.165, 1.54) is 19.4 Å². The van der Waals surface area contributed by atoms with Gasteiger partial charge in [-0.05, 0) is 75.1 Å². The van der Waals surface area contributed by atoms with Crippen LogP contribution in [0.4, 0.5) is 0 Å². The molecule has 9 amide bonds. The summed E-state index contributed by atoms with van der Waals surface area (Å²) in [7, 11) is 0. The van der Waals surface area contributed by atoms with Crippen LogP contribution in [-0.4, -0.2) is 195 Å². The Hall–Kier alpha value is -8.97. The lowest BCUT2D eigenvalue weighted by Crippen LogP contribution is -2.63. The molecule has 0 aliphatic heterocycles. The Morgan fingerprint density at radius 3 is 1.79 bits per heavy atom. The van der Waals surface area contributed by atoms with E-state index in [4.69, 9.17) is 28.7 Å². The third-order valence-electron chi connectivity index (χ3n) is 13.9. The third kappa shape index (κ3) is 24.9. The average molecular weight is 1220 g/mol. The lowest BCUT2D eigenvalue weighted by atomic mass is 9.96. The maximum atomic E-state index is 14.6. The first kappa shape index (κ1) is 72.3. The van der Waals surface area contributed by atoms with E-state index in [1.54, 1.807) is 32.0 Å². The molecule has 0 radical (unpaired) electrons. The molecule has 2 aromatic carbocycles. The van der Waals surface area contributed by atoms with Gasteiger partial charge in [-0.3, -0.25) is 57.9 Å². The van der Waals surface area contributed by atoms with Gasteiger partial charge in [-0.25, -0.2) is 4.98 Å². The van der Waals surface area contributed by atoms with Crippen molar-refractivity contribution in [3.63, 3.8) is 0 Å². The van der Waals surface area contributed by atoms with Gasteiger partial charge in [0.05, 0.1) is 31.1 Å². The molecule has 0 aliphatic rings. The zero-order valence-electron chi connectivity index (χ0n) is 50.0. The van der Waals surface area contributed by atoms with Gasteiger partial charge in [0.15, 0.2) is 11.9 Å². The van der Waals surface area contributed by atoms with Crippen molar-refractivity contribution in [3.8, 4) is 0 Å². The highest BCUT2D eigenvalue weighted by atomic mass is 16.4. The van der Waals surface area contributed by atoms with Crippen molar-refractivity contribution >= 4 is 81.8 Å². The minimum atomic E-state index is -1.86. The summed E-state index contributed by atoms with van der Waals surface area (Å²) in [6, 6.07) is 1.21. The Kier molecular flexibility index (Phi) is 30.6. The number of guanidine groups is 2. The summed E-state index contributed by atoms with van der Waals surface area (Å²) in [4.78, 5) is 152. The number of aromatic nitrogens is 2. The highest BCUT2D eigenvalue weighted by molar-refractivity contribution is 5.99. The number of nitrogens with zero attached hydrogens (tertiary/aromatic N) is 4. The Balaban J connectivity index is 1.85. The number of amides is 9. The molecule has 480 valence electrons. The number of carboxylic acids is 1. The van der Waals surface area contributed by atoms with Crippen molar-refractivity contribution in [2.45, 2.75) is 160 Å². The molecule has 1 unspecified atom stereocenters. The summed E-state index contributed by atoms with van der Waals surface area (Å²) in [6.07, 6.45) is 1.09. The van der Waals surface area contributed by atoms with Gasteiger partial charge in [0.25, 0.3) is 0 Å². The molecule has 87 heavy (non-hydrogen) atoms. The predicted octanol–water partition coefficient (Wildman–Crippen LogP) is -4.17. The number of unbranched alkanes of at least 4 members (excludes halogenated alkanes) is 1. The second-order valence-electron chi connectivity index (χ2n) is 21.2. The molecule has 0 saturated carbocycles. The standard InChI is InChI=1S/C56H88N18O13/c1-7-9-23-74(28-43(78)79)54(87)44(30(3)8-2)71-49(82)39(20-14-22-64-56(60)61)68-42(77)27-65-52(85)45(32(5)75)73-53(86)46(33(6)76)72-51(84)41(25-36-26-62-29-66-36)70-50(83)40(24-35-17-12-16-34-15-10-11-18-37(34)35)69-47(80)31(4)67-48(81)38(57)19-13-21-63-55(58)59/h10-12,15-18,26,29-33,38-41,44-46,75-76H,7-9,13-14,19-25,27-28,57H2,1-6H3,(H,62,66)(H,65,85)(H,67,81)(H,68,77)(H,69,80)(H,70,83)(H,71,82)(H,72,84)(H,73,86)(H,78,79)(H4,58,59,63)(H4,60,61,64)/t30?,31-,32+,33+,38-,39+,40-,41-,44-,45-,46-/m0/s1. The fourth-order valence-corrected chi connectivity index (χ4v) is 8.85. The molecule has 1 heterocycles. The number of imidazole rings is 1. The van der Waals surface area contributed by atoms with Gasteiger partial charge in [0.2, 0.25) is 53.2 Å². The van der Waals surface area contributed by atoms with Crippen LogP contribution in [-0.2, 0) is 60.8 Å². The van der Waals surface area contributed by atoms with Crippen molar-refractivity contribution < 1.29 is 63.3 Å². The normalized spacial score (nSPS) is 14.9. The fraction of sp³-hybridized carbons (Fsp3) is 0.554. The number of hydrogen-bond acceptors (Lipinski definition) is 16. The molecule has 0 spiro atoms. The van der Waals surface area contributed by atoms with Gasteiger partial charge < -0.3 is 96.4 Å². The molecule has 0 bridgehead atoms. The number of carbonyl (C=O) groups is 10. The van der Waals surface area contributed by atoms with Crippen LogP contribution in [0.2, 0.25) is 0 Å². The van der Waals surface area contributed by atoms with Crippen LogP contribution in [0.3, 0.4) is 0 Å². The van der Waals surface area contributed by atoms with Crippen LogP contribution in [0.1, 0.15) is 97.7 Å². The summed E-state index contributed by atoms with van der Waals surface area (Å²) in [5, 5.41) is 52.9. The summed E-state index contributed by atoms with van der Waals surface area (Å²) in [5.41, 5.74) is 28.7. The maximum Gasteiger partial charge on any atom is 0.323 e. The van der Waals surface area contributed by atoms with E-state index in [9.17, 15) is 63.3 Å². The number of aliphatic carboxylic acids is 1. The number of benzene rings is 2. The van der Waals surface area contributed by atoms with E-state index in [1.807, 2.05) is 31.2 Å². The summed E-state index contributed by atoms with van der Waals surface area (Å²) in [5.74, 6) is -10.2. The number of nitrogens with one attached hydrogen (secondary N) is 9. The van der Waals surface area contributed by atoms with Crippen LogP contribution in [0.5, 0.6) is 0 Å². The molecule has 0 fully saturated rings. The Morgan fingerprint density at radius 2 is 1.20 bits per heavy atom. The SMILES string of the molecule is CCCCN(CC(=O)O)C(=O)[C@@H](NC(=O)[C@@H](CCCN=C(N)N)NC(=O)CNC(=O)[C@@H](NC(=O)[C@@H](NC(=O)[C@H](Cc1cnc[nH]1)NC(=O)[C@H](Cc1cccc2ccccc12)NC(=O)[C@H](C)NC(=O)[C@@H](N)CCCN=C(N)N)[C@@H](C)O)[C@@H](C)O)C(C)CC. The number of nitrogens with two attached hydrogens (primary N) is 5. The van der Waals surface area contributed by atoms with E-state index < -0.39 is 139 Å². The first-order valence-corrected chi connectivity index (χ1v) is 28.7. The molecule has 0 aliphatic carbocycles. The van der Waals surface area contributed by atoms with Crippen LogP contribution >= 0.6 is 0 Å². The molecule has 1 aromatic heterocycles. The maximum absolute atomic E-state index is 14.6. The Bertz CT molecular complexity index is 2840. The first-order chi connectivity index (χ1) is 41.2. The van der Waals surface area contributed by atoms with E-state index in [-0.39, 0.29) is 63.7 Å². The van der Waals surface area contributed by atoms with Crippen molar-refractivity contribution in [2.24, 2.45) is 44.6 Å². The smallest absolute Gasteiger partial charge is 0.323 e. The number of rotatable bonds is 38. The van der Waals surface area contributed by atoms with Crippen LogP contribution in [0.25, 0.3) is 10.8 Å². The zero-order valence-corrected chi connectivity index (χ0v) is 50.0. The first-order valence-electron chi connectivity index (χ1n) is 28.7. The highest BCUT2D eigenvalue weighted by Gasteiger charge is 2.37. The van der Waals surface area contributed by atoms with Crippen LogP contribution < -0.4 is 71.2 Å². The molecular formula is C56H88N18O13. The zero-order chi connectivity index (χ0) is 64.9.